The van der Waals surface area contributed by atoms with Gasteiger partial charge in [0.25, 0.3) is 0 Å². The largest absolute Gasteiger partial charge is 0.469 e. The fourth-order valence-corrected chi connectivity index (χ4v) is 11.5. The van der Waals surface area contributed by atoms with E-state index in [0.717, 1.165) is 72.5 Å². The molecule has 5 aliphatic rings. The molecule has 4 aromatic rings. The third-order valence-corrected chi connectivity index (χ3v) is 15.3. The number of aromatic nitrogens is 2. The number of hydrogen-bond acceptors (Lipinski definition) is 9. The molecular formula is C54H64N6O6. The summed E-state index contributed by atoms with van der Waals surface area (Å²) in [5, 5.41) is 0. The molecule has 0 saturated carbocycles. The number of carbonyl (C=O) groups is 4. The number of fused-ring (bicyclic) bond motifs is 5. The Morgan fingerprint density at radius 3 is 1.65 bits per heavy atom. The second-order valence-corrected chi connectivity index (χ2v) is 19.7. The van der Waals surface area contributed by atoms with E-state index >= 15 is 0 Å². The van der Waals surface area contributed by atoms with E-state index in [1.54, 1.807) is 0 Å². The molecule has 6 atom stereocenters. The zero-order valence-corrected chi connectivity index (χ0v) is 39.5. The molecule has 66 heavy (non-hydrogen) atoms. The number of H-pyrrole nitrogens is 1. The van der Waals surface area contributed by atoms with Gasteiger partial charge < -0.3 is 24.3 Å². The SMILES string of the molecule is COC(=O)C[C@H](C(=O)N1CCC[C@H]1C1=NC=C(c2ccc(-c3ccc(-c4ccc(-c5cnc([C@@H]6CCCN6C(=O)[C@@H](CC(=O)OC)C(C)C)[nH]5)cc4)c4c3C3CCC4N3C)cc2)C1)C(C)C. The van der Waals surface area contributed by atoms with Gasteiger partial charge in [0.1, 0.15) is 5.82 Å². The van der Waals surface area contributed by atoms with Gasteiger partial charge in [0.2, 0.25) is 11.8 Å². The topological polar surface area (TPSA) is 138 Å². The Labute approximate surface area is 388 Å². The minimum atomic E-state index is -0.434. The van der Waals surface area contributed by atoms with Crippen molar-refractivity contribution in [3.63, 3.8) is 0 Å². The summed E-state index contributed by atoms with van der Waals surface area (Å²) in [6.45, 7) is 9.28. The normalized spacial score (nSPS) is 22.2. The Morgan fingerprint density at radius 2 is 1.14 bits per heavy atom. The highest BCUT2D eigenvalue weighted by Gasteiger charge is 2.45. The number of likely N-dealkylation sites (tertiary alicyclic amines) is 2. The van der Waals surface area contributed by atoms with Gasteiger partial charge in [-0.1, -0.05) is 88.4 Å². The average Bonchev–Trinajstić information content (AvgIpc) is 4.20. The molecule has 0 spiro atoms. The average molecular weight is 893 g/mol. The van der Waals surface area contributed by atoms with Crippen LogP contribution >= 0.6 is 0 Å². The zero-order valence-electron chi connectivity index (χ0n) is 39.5. The highest BCUT2D eigenvalue weighted by atomic mass is 16.5. The number of esters is 2. The van der Waals surface area contributed by atoms with Crippen molar-refractivity contribution in [3.8, 4) is 33.5 Å². The van der Waals surface area contributed by atoms with Crippen LogP contribution in [0.1, 0.15) is 126 Å². The van der Waals surface area contributed by atoms with Gasteiger partial charge in [-0.25, -0.2) is 4.98 Å². The smallest absolute Gasteiger partial charge is 0.306 e. The predicted molar refractivity (Wildman–Crippen MR) is 256 cm³/mol. The number of benzene rings is 3. The number of nitrogens with one attached hydrogen (secondary N) is 1. The van der Waals surface area contributed by atoms with E-state index in [4.69, 9.17) is 19.5 Å². The summed E-state index contributed by atoms with van der Waals surface area (Å²) in [4.78, 5) is 71.5. The first kappa shape index (κ1) is 45.3. The Bertz CT molecular complexity index is 2560. The Morgan fingerprint density at radius 1 is 0.652 bits per heavy atom. The first-order valence-electron chi connectivity index (χ1n) is 24.0. The summed E-state index contributed by atoms with van der Waals surface area (Å²) in [6.07, 6.45) is 10.5. The van der Waals surface area contributed by atoms with Crippen LogP contribution in [0.25, 0.3) is 39.1 Å². The lowest BCUT2D eigenvalue weighted by Gasteiger charge is -2.30. The minimum Gasteiger partial charge on any atom is -0.469 e. The molecule has 0 radical (unpaired) electrons. The Hall–Kier alpha value is -5.88. The number of imidazole rings is 1. The van der Waals surface area contributed by atoms with Gasteiger partial charge in [0.05, 0.1) is 62.9 Å². The van der Waals surface area contributed by atoms with Crippen LogP contribution < -0.4 is 0 Å². The third-order valence-electron chi connectivity index (χ3n) is 15.3. The van der Waals surface area contributed by atoms with E-state index in [0.29, 0.717) is 31.6 Å². The van der Waals surface area contributed by atoms with Gasteiger partial charge >= 0.3 is 11.9 Å². The second-order valence-electron chi connectivity index (χ2n) is 19.7. The summed E-state index contributed by atoms with van der Waals surface area (Å²) < 4.78 is 9.83. The second kappa shape index (κ2) is 18.8. The summed E-state index contributed by atoms with van der Waals surface area (Å²) in [6, 6.07) is 22.8. The van der Waals surface area contributed by atoms with Gasteiger partial charge in [-0.05, 0) is 107 Å². The number of nitrogens with zero attached hydrogens (tertiary/aromatic N) is 5. The lowest BCUT2D eigenvalue weighted by molar-refractivity contribution is -0.148. The number of methoxy groups -OCH3 is 2. The molecule has 12 heteroatoms. The Balaban J connectivity index is 0.900. The maximum Gasteiger partial charge on any atom is 0.306 e. The molecule has 6 heterocycles. The molecule has 3 fully saturated rings. The third kappa shape index (κ3) is 8.41. The fraction of sp³-hybridized carbons (Fsp3) is 0.481. The molecule has 3 aromatic carbocycles. The maximum absolute atomic E-state index is 13.8. The lowest BCUT2D eigenvalue weighted by atomic mass is 9.81. The first-order chi connectivity index (χ1) is 31.9. The molecule has 0 aliphatic carbocycles. The summed E-state index contributed by atoms with van der Waals surface area (Å²) in [5.74, 6) is -0.734. The van der Waals surface area contributed by atoms with Crippen molar-refractivity contribution in [1.82, 2.24) is 24.7 Å². The summed E-state index contributed by atoms with van der Waals surface area (Å²) in [7, 11) is 5.01. The van der Waals surface area contributed by atoms with Crippen LogP contribution in [0, 0.1) is 23.7 Å². The quantitative estimate of drug-likeness (QED) is 0.124. The van der Waals surface area contributed by atoms with Crippen LogP contribution in [0.5, 0.6) is 0 Å². The van der Waals surface area contributed by atoms with Crippen molar-refractivity contribution < 1.29 is 28.7 Å². The molecule has 2 unspecified atom stereocenters. The van der Waals surface area contributed by atoms with Gasteiger partial charge in [-0.2, -0.15) is 0 Å². The molecule has 12 nitrogen and oxygen atoms in total. The van der Waals surface area contributed by atoms with Crippen LogP contribution in [0.4, 0.5) is 0 Å². The van der Waals surface area contributed by atoms with Crippen molar-refractivity contribution >= 4 is 35.0 Å². The number of amides is 2. The predicted octanol–water partition coefficient (Wildman–Crippen LogP) is 9.74. The first-order valence-corrected chi connectivity index (χ1v) is 24.0. The molecule has 2 bridgehead atoms. The number of ether oxygens (including phenoxy) is 2. The molecular weight excluding hydrogens is 829 g/mol. The van der Waals surface area contributed by atoms with Crippen LogP contribution in [-0.4, -0.2) is 94.5 Å². The monoisotopic (exact) mass is 892 g/mol. The van der Waals surface area contributed by atoms with Crippen molar-refractivity contribution in [3.05, 3.63) is 95.6 Å². The standard InChI is InChI=1S/C54H64N6O6/c1-31(2)40(27-48(61)65-6)53(63)59-24-8-10-44(59)42-26-37(29-55-42)33-12-14-34(15-13-33)38-20-21-39(51-46-23-22-45(50(38)51)58(46)5)35-16-18-36(19-17-35)43-30-56-52(57-43)47-11-9-25-60(47)54(64)41(32(3)4)28-49(62)66-7/h12-21,29-32,40-41,44-47H,8-11,22-28H2,1-7H3,(H,56,57)/t40-,41-,44-,45?,46?,47-/m0/s1. The number of aromatic amines is 1. The number of hydrogen-bond donors (Lipinski definition) is 1. The van der Waals surface area contributed by atoms with Crippen molar-refractivity contribution in [2.24, 2.45) is 28.7 Å². The number of aliphatic imine (C=N–C) groups is 1. The van der Waals surface area contributed by atoms with E-state index in [2.05, 4.69) is 77.6 Å². The van der Waals surface area contributed by atoms with Gasteiger partial charge in [-0.15, -0.1) is 0 Å². The highest BCUT2D eigenvalue weighted by Crippen LogP contribution is 2.57. The molecule has 5 aliphatic heterocycles. The van der Waals surface area contributed by atoms with Gasteiger partial charge in [0, 0.05) is 43.5 Å². The van der Waals surface area contributed by atoms with E-state index < -0.39 is 11.8 Å². The molecule has 9 rings (SSSR count). The van der Waals surface area contributed by atoms with Crippen LogP contribution in [0.3, 0.4) is 0 Å². The van der Waals surface area contributed by atoms with Crippen LogP contribution in [0.15, 0.2) is 78.1 Å². The molecule has 1 aromatic heterocycles. The molecule has 1 N–H and O–H groups in total. The lowest BCUT2D eigenvalue weighted by Crippen LogP contribution is -2.45. The van der Waals surface area contributed by atoms with Gasteiger partial charge in [-0.3, -0.25) is 29.1 Å². The van der Waals surface area contributed by atoms with Gasteiger partial charge in [0.15, 0.2) is 0 Å². The van der Waals surface area contributed by atoms with Crippen LogP contribution in [-0.2, 0) is 28.7 Å². The minimum absolute atomic E-state index is 0.00981. The van der Waals surface area contributed by atoms with E-state index in [9.17, 15) is 19.2 Å². The highest BCUT2D eigenvalue weighted by molar-refractivity contribution is 6.03. The fourth-order valence-electron chi connectivity index (χ4n) is 11.5. The van der Waals surface area contributed by atoms with Crippen molar-refractivity contribution in [1.29, 1.82) is 0 Å². The molecule has 2 amide bonds. The molecule has 346 valence electrons. The van der Waals surface area contributed by atoms with Crippen LogP contribution in [0.2, 0.25) is 0 Å². The maximum atomic E-state index is 13.8. The number of allylic oxidation sites excluding steroid dienone is 1. The Kier molecular flexibility index (Phi) is 12.9. The zero-order chi connectivity index (χ0) is 46.4. The van der Waals surface area contributed by atoms with E-state index in [-0.39, 0.29) is 60.5 Å². The molecule has 3 saturated heterocycles. The van der Waals surface area contributed by atoms with E-state index in [1.807, 2.05) is 49.9 Å². The summed E-state index contributed by atoms with van der Waals surface area (Å²) in [5.41, 5.74) is 13.1. The van der Waals surface area contributed by atoms with Crippen molar-refractivity contribution in [2.75, 3.05) is 34.4 Å². The van der Waals surface area contributed by atoms with E-state index in [1.165, 1.54) is 47.6 Å². The van der Waals surface area contributed by atoms with Crippen molar-refractivity contribution in [2.45, 2.75) is 110 Å². The number of carbonyl (C=O) groups excluding carboxylic acids is 4. The summed E-state index contributed by atoms with van der Waals surface area (Å²) >= 11 is 0. The number of rotatable bonds is 14.